The van der Waals surface area contributed by atoms with Gasteiger partial charge >= 0.3 is 0 Å². The Labute approximate surface area is 161 Å². The highest BCUT2D eigenvalue weighted by atomic mass is 127. The van der Waals surface area contributed by atoms with Gasteiger partial charge in [0.15, 0.2) is 11.1 Å². The molecule has 23 heavy (non-hydrogen) atoms. The van der Waals surface area contributed by atoms with E-state index in [9.17, 15) is 0 Å². The molecule has 5 nitrogen and oxygen atoms in total. The van der Waals surface area contributed by atoms with E-state index in [0.717, 1.165) is 32.0 Å². The second kappa shape index (κ2) is 10.3. The molecular weight excluding hydrogens is 421 g/mol. The Morgan fingerprint density at radius 3 is 2.65 bits per heavy atom. The van der Waals surface area contributed by atoms with Crippen molar-refractivity contribution in [3.63, 3.8) is 0 Å². The number of nitrogens with one attached hydrogen (secondary N) is 2. The molecule has 1 aromatic heterocycles. The molecule has 0 aliphatic carbocycles. The van der Waals surface area contributed by atoms with Crippen molar-refractivity contribution in [3.8, 4) is 0 Å². The average Bonchev–Trinajstić information content (AvgIpc) is 3.16. The minimum absolute atomic E-state index is 0. The summed E-state index contributed by atoms with van der Waals surface area (Å²) >= 11 is 1.77. The van der Waals surface area contributed by atoms with Gasteiger partial charge in [0.25, 0.3) is 0 Å². The second-order valence-electron chi connectivity index (χ2n) is 6.24. The van der Waals surface area contributed by atoms with Crippen LogP contribution in [-0.2, 0) is 6.42 Å². The molecule has 1 fully saturated rings. The van der Waals surface area contributed by atoms with Crippen LogP contribution in [0.4, 0.5) is 5.13 Å². The van der Waals surface area contributed by atoms with E-state index in [1.807, 2.05) is 7.05 Å². The highest BCUT2D eigenvalue weighted by Gasteiger charge is 2.15. The number of hydrogen-bond acceptors (Lipinski definition) is 4. The number of hydrogen-bond donors (Lipinski definition) is 2. The molecule has 132 valence electrons. The summed E-state index contributed by atoms with van der Waals surface area (Å²) in [6, 6.07) is 0.409. The minimum atomic E-state index is 0. The van der Waals surface area contributed by atoms with Crippen LogP contribution in [0, 0.1) is 5.92 Å². The Morgan fingerprint density at radius 1 is 1.35 bits per heavy atom. The molecule has 0 saturated carbocycles. The maximum absolute atomic E-state index is 4.75. The van der Waals surface area contributed by atoms with Gasteiger partial charge in [-0.2, -0.15) is 0 Å². The summed E-state index contributed by atoms with van der Waals surface area (Å²) in [4.78, 5) is 11.4. The zero-order chi connectivity index (χ0) is 15.9. The molecular formula is C16H30IN5S. The first-order valence-corrected chi connectivity index (χ1v) is 9.14. The predicted molar refractivity (Wildman–Crippen MR) is 111 cm³/mol. The molecule has 2 rings (SSSR count). The van der Waals surface area contributed by atoms with Crippen LogP contribution in [0.25, 0.3) is 0 Å². The highest BCUT2D eigenvalue weighted by molar-refractivity contribution is 14.0. The van der Waals surface area contributed by atoms with E-state index in [2.05, 4.69) is 46.7 Å². The van der Waals surface area contributed by atoms with Crippen LogP contribution in [0.5, 0.6) is 0 Å². The van der Waals surface area contributed by atoms with Crippen molar-refractivity contribution in [3.05, 3.63) is 11.1 Å². The first kappa shape index (κ1) is 20.5. The fourth-order valence-corrected chi connectivity index (χ4v) is 3.26. The third-order valence-electron chi connectivity index (χ3n) is 4.18. The first-order valence-electron chi connectivity index (χ1n) is 8.26. The second-order valence-corrected chi connectivity index (χ2v) is 7.08. The van der Waals surface area contributed by atoms with Crippen molar-refractivity contribution in [2.75, 3.05) is 31.6 Å². The van der Waals surface area contributed by atoms with Crippen LogP contribution in [0.1, 0.15) is 39.3 Å². The molecule has 1 atom stereocenters. The monoisotopic (exact) mass is 451 g/mol. The standard InChI is InChI=1S/C16H29N5S.HI/c1-12(2)13(3)19-15(17-4)18-8-7-14-11-22-16(20-14)21-9-5-6-10-21;/h11-13H,5-10H2,1-4H3,(H2,17,18,19);1H. The molecule has 0 amide bonds. The highest BCUT2D eigenvalue weighted by Crippen LogP contribution is 2.24. The molecule has 1 unspecified atom stereocenters. The summed E-state index contributed by atoms with van der Waals surface area (Å²) < 4.78 is 0. The molecule has 2 heterocycles. The third-order valence-corrected chi connectivity index (χ3v) is 5.13. The lowest BCUT2D eigenvalue weighted by Crippen LogP contribution is -2.44. The Kier molecular flexibility index (Phi) is 9.19. The van der Waals surface area contributed by atoms with E-state index in [-0.39, 0.29) is 24.0 Å². The predicted octanol–water partition coefficient (Wildman–Crippen LogP) is 3.11. The largest absolute Gasteiger partial charge is 0.356 e. The Morgan fingerprint density at radius 2 is 2.04 bits per heavy atom. The molecule has 0 aromatic carbocycles. The molecule has 7 heteroatoms. The lowest BCUT2D eigenvalue weighted by atomic mass is 10.1. The zero-order valence-corrected chi connectivity index (χ0v) is 17.8. The normalized spacial score (nSPS) is 16.4. The summed E-state index contributed by atoms with van der Waals surface area (Å²) in [5.74, 6) is 1.45. The van der Waals surface area contributed by atoms with Gasteiger partial charge in [-0.05, 0) is 25.7 Å². The van der Waals surface area contributed by atoms with Gasteiger partial charge < -0.3 is 15.5 Å². The minimum Gasteiger partial charge on any atom is -0.356 e. The number of thiazole rings is 1. The Bertz CT molecular complexity index is 483. The summed E-state index contributed by atoms with van der Waals surface area (Å²) in [5.41, 5.74) is 1.17. The van der Waals surface area contributed by atoms with Gasteiger partial charge in [-0.3, -0.25) is 4.99 Å². The summed E-state index contributed by atoms with van der Waals surface area (Å²) in [7, 11) is 1.82. The smallest absolute Gasteiger partial charge is 0.191 e. The molecule has 1 aromatic rings. The SMILES string of the molecule is CN=C(NCCc1csc(N2CCCC2)n1)NC(C)C(C)C.I. The van der Waals surface area contributed by atoms with Gasteiger partial charge in [0.05, 0.1) is 5.69 Å². The number of guanidine groups is 1. The van der Waals surface area contributed by atoms with Crippen LogP contribution in [-0.4, -0.2) is 43.7 Å². The quantitative estimate of drug-likeness (QED) is 0.397. The number of aliphatic imine (C=N–C) groups is 1. The molecule has 2 N–H and O–H groups in total. The van der Waals surface area contributed by atoms with E-state index in [1.54, 1.807) is 11.3 Å². The zero-order valence-electron chi connectivity index (χ0n) is 14.6. The van der Waals surface area contributed by atoms with Gasteiger partial charge in [-0.15, -0.1) is 35.3 Å². The fraction of sp³-hybridized carbons (Fsp3) is 0.750. The van der Waals surface area contributed by atoms with E-state index in [0.29, 0.717) is 12.0 Å². The summed E-state index contributed by atoms with van der Waals surface area (Å²) in [6.07, 6.45) is 3.53. The number of rotatable bonds is 6. The van der Waals surface area contributed by atoms with E-state index >= 15 is 0 Å². The molecule has 0 bridgehead atoms. The van der Waals surface area contributed by atoms with Crippen LogP contribution in [0.3, 0.4) is 0 Å². The van der Waals surface area contributed by atoms with Crippen molar-refractivity contribution in [1.82, 2.24) is 15.6 Å². The van der Waals surface area contributed by atoms with Crippen LogP contribution < -0.4 is 15.5 Å². The van der Waals surface area contributed by atoms with Crippen molar-refractivity contribution < 1.29 is 0 Å². The van der Waals surface area contributed by atoms with Crippen LogP contribution in [0.2, 0.25) is 0 Å². The number of nitrogens with zero attached hydrogens (tertiary/aromatic N) is 3. The van der Waals surface area contributed by atoms with E-state index in [4.69, 9.17) is 4.98 Å². The van der Waals surface area contributed by atoms with Crippen molar-refractivity contribution in [2.45, 2.75) is 46.1 Å². The Hall–Kier alpha value is -0.570. The molecule has 0 radical (unpaired) electrons. The van der Waals surface area contributed by atoms with Crippen molar-refractivity contribution in [1.29, 1.82) is 0 Å². The van der Waals surface area contributed by atoms with Crippen molar-refractivity contribution >= 4 is 46.4 Å². The number of anilines is 1. The van der Waals surface area contributed by atoms with E-state index < -0.39 is 0 Å². The first-order chi connectivity index (χ1) is 10.6. The van der Waals surface area contributed by atoms with Gasteiger partial charge in [-0.25, -0.2) is 4.98 Å². The molecule has 1 aliphatic rings. The van der Waals surface area contributed by atoms with Gasteiger partial charge in [-0.1, -0.05) is 13.8 Å². The summed E-state index contributed by atoms with van der Waals surface area (Å²) in [5, 5.41) is 10.2. The number of aromatic nitrogens is 1. The topological polar surface area (TPSA) is 52.6 Å². The maximum Gasteiger partial charge on any atom is 0.191 e. The summed E-state index contributed by atoms with van der Waals surface area (Å²) in [6.45, 7) is 9.78. The lowest BCUT2D eigenvalue weighted by molar-refractivity contribution is 0.481. The average molecular weight is 451 g/mol. The van der Waals surface area contributed by atoms with E-state index in [1.165, 1.54) is 23.7 Å². The Balaban J connectivity index is 0.00000264. The van der Waals surface area contributed by atoms with Crippen molar-refractivity contribution in [2.24, 2.45) is 10.9 Å². The molecule has 0 spiro atoms. The maximum atomic E-state index is 4.75. The third kappa shape index (κ3) is 6.45. The van der Waals surface area contributed by atoms with Crippen LogP contribution >= 0.6 is 35.3 Å². The molecule has 1 aliphatic heterocycles. The van der Waals surface area contributed by atoms with Gasteiger partial charge in [0, 0.05) is 44.5 Å². The fourth-order valence-electron chi connectivity index (χ4n) is 2.35. The van der Waals surface area contributed by atoms with Crippen LogP contribution in [0.15, 0.2) is 10.4 Å². The van der Waals surface area contributed by atoms with Gasteiger partial charge in [0.1, 0.15) is 0 Å². The molecule has 1 saturated heterocycles. The van der Waals surface area contributed by atoms with Gasteiger partial charge in [0.2, 0.25) is 0 Å². The number of halogens is 1. The lowest BCUT2D eigenvalue weighted by Gasteiger charge is -2.20.